The lowest BCUT2D eigenvalue weighted by molar-refractivity contribution is -0.377. The summed E-state index contributed by atoms with van der Waals surface area (Å²) >= 11 is 0. The molecule has 282 valence electrons. The molecule has 10 rings (SSSR count). The summed E-state index contributed by atoms with van der Waals surface area (Å²) in [5.74, 6) is 0. The largest absolute Gasteiger partial charge is 0.354 e. The maximum atomic E-state index is 5.30. The number of nitrogens with one attached hydrogen (secondary N) is 3. The number of pyridine rings is 4. The van der Waals surface area contributed by atoms with Crippen molar-refractivity contribution in [2.75, 3.05) is 0 Å². The average molecular weight is 756 g/mol. The summed E-state index contributed by atoms with van der Waals surface area (Å²) in [4.78, 5) is 34.1. The summed E-state index contributed by atoms with van der Waals surface area (Å²) in [5, 5.41) is 0. The Morgan fingerprint density at radius 3 is 0.931 bits per heavy atom. The average Bonchev–Trinajstić information content (AvgIpc) is 4.13. The third kappa shape index (κ3) is 7.76. The molecule has 9 heterocycles. The van der Waals surface area contributed by atoms with Gasteiger partial charge in [0.25, 0.3) is 0 Å². The third-order valence-electron chi connectivity index (χ3n) is 9.89. The normalized spacial score (nSPS) is 11.3. The van der Waals surface area contributed by atoms with E-state index < -0.39 is 0 Å². The predicted molar refractivity (Wildman–Crippen MR) is 238 cm³/mol. The molecule has 0 atom stereocenters. The summed E-state index contributed by atoms with van der Waals surface area (Å²) < 4.78 is 0. The van der Waals surface area contributed by atoms with Crippen molar-refractivity contribution in [1.29, 1.82) is 0 Å². The number of aromatic amines is 3. The summed E-state index contributed by atoms with van der Waals surface area (Å²) in [6, 6.07) is 33.2. The van der Waals surface area contributed by atoms with Crippen LogP contribution in [0.15, 0.2) is 147 Å². The second-order valence-electron chi connectivity index (χ2n) is 13.7. The van der Waals surface area contributed by atoms with E-state index in [0.29, 0.717) is 0 Å². The van der Waals surface area contributed by atoms with E-state index in [2.05, 4.69) is 129 Å². The number of aromatic nitrogens is 8. The van der Waals surface area contributed by atoms with Gasteiger partial charge in [0.1, 0.15) is 0 Å². The number of hydrogen-bond donors (Lipinski definition) is 2. The van der Waals surface area contributed by atoms with Crippen LogP contribution in [0.25, 0.3) is 90.9 Å². The minimum absolute atomic E-state index is 0.849. The van der Waals surface area contributed by atoms with Gasteiger partial charge >= 0.3 is 0 Å². The van der Waals surface area contributed by atoms with Crippen LogP contribution in [0.1, 0.15) is 47.8 Å². The molecule has 0 spiro atoms. The molecule has 7 aromatic heterocycles. The number of fused-ring (bicyclic) bond motifs is 8. The number of H-pyrrole nitrogens is 3. The lowest BCUT2D eigenvalue weighted by Crippen LogP contribution is -1.97. The maximum absolute atomic E-state index is 5.30. The highest BCUT2D eigenvalue weighted by Crippen LogP contribution is 2.38. The first-order valence-electron chi connectivity index (χ1n) is 19.5. The molecule has 8 heteroatoms. The Morgan fingerprint density at radius 1 is 0.362 bits per heavy atom. The van der Waals surface area contributed by atoms with E-state index in [1.54, 1.807) is 0 Å². The molecule has 3 N–H and O–H groups in total. The first kappa shape index (κ1) is 37.3. The summed E-state index contributed by atoms with van der Waals surface area (Å²) in [5.41, 5.74) is 17.8. The van der Waals surface area contributed by atoms with Crippen LogP contribution in [0, 0.1) is 13.8 Å². The quantitative estimate of drug-likeness (QED) is 0.186. The Kier molecular flexibility index (Phi) is 11.0. The van der Waals surface area contributed by atoms with E-state index in [9.17, 15) is 0 Å². The van der Waals surface area contributed by atoms with E-state index in [4.69, 9.17) is 9.97 Å². The Balaban J connectivity index is 0.000000417. The van der Waals surface area contributed by atoms with E-state index in [1.165, 1.54) is 11.1 Å². The number of nitrogens with zero attached hydrogens (tertiary/aromatic N) is 5. The minimum Gasteiger partial charge on any atom is -0.354 e. The molecular formula is C50H43N8+. The lowest BCUT2D eigenvalue weighted by Gasteiger charge is -2.06. The van der Waals surface area contributed by atoms with Crippen LogP contribution in [0.5, 0.6) is 0 Å². The first-order chi connectivity index (χ1) is 28.6. The summed E-state index contributed by atoms with van der Waals surface area (Å²) in [6.07, 6.45) is 23.1. The van der Waals surface area contributed by atoms with Gasteiger partial charge in [-0.05, 0) is 121 Å². The van der Waals surface area contributed by atoms with Gasteiger partial charge in [-0.2, -0.15) is 0 Å². The predicted octanol–water partition coefficient (Wildman–Crippen LogP) is 11.7. The monoisotopic (exact) mass is 755 g/mol. The van der Waals surface area contributed by atoms with Crippen molar-refractivity contribution in [3.63, 3.8) is 0 Å². The van der Waals surface area contributed by atoms with Crippen molar-refractivity contribution in [3.8, 4) is 44.5 Å². The molecule has 2 aliphatic heterocycles. The molecule has 1 aromatic carbocycles. The Labute approximate surface area is 337 Å². The van der Waals surface area contributed by atoms with Crippen molar-refractivity contribution in [2.24, 2.45) is 0 Å². The lowest BCUT2D eigenvalue weighted by atomic mass is 10.1. The van der Waals surface area contributed by atoms with Crippen molar-refractivity contribution in [1.82, 2.24) is 34.9 Å². The Bertz CT molecular complexity index is 2530. The van der Waals surface area contributed by atoms with Crippen molar-refractivity contribution in [3.05, 3.63) is 181 Å². The smallest absolute Gasteiger partial charge is 0.167 e. The summed E-state index contributed by atoms with van der Waals surface area (Å²) in [7, 11) is 0. The maximum Gasteiger partial charge on any atom is 0.167 e. The Hall–Kier alpha value is -7.58. The highest BCUT2D eigenvalue weighted by molar-refractivity contribution is 5.99. The number of aryl methyl sites for hydroxylation is 2. The molecule has 0 fully saturated rings. The van der Waals surface area contributed by atoms with Gasteiger partial charge in [-0.1, -0.05) is 49.2 Å². The third-order valence-corrected chi connectivity index (χ3v) is 9.89. The fraction of sp³-hybridized carbons (Fsp3) is 0.0800. The molecule has 58 heavy (non-hydrogen) atoms. The van der Waals surface area contributed by atoms with E-state index in [-0.39, 0.29) is 0 Å². The van der Waals surface area contributed by atoms with Crippen molar-refractivity contribution >= 4 is 46.4 Å². The van der Waals surface area contributed by atoms with Gasteiger partial charge in [0.15, 0.2) is 12.4 Å². The van der Waals surface area contributed by atoms with Gasteiger partial charge < -0.3 is 9.97 Å². The standard InChI is InChI=1S/C40H26N8.C8H10.C2H6/c1-2-30-38(26-11-19-42-20-12-26)32-5-6-34(47-32)40(28-15-23-44-24-16-28)36-8-7-35(48-36)39(27-13-21-43-22-14-27)33-4-3-31(46-33)37(29(1)45-30)25-9-17-41-18-10-25;1-7-3-5-8(2)6-4-7;1-2/h1-24,45,48H;3-6H,1-2H3;1-2H3/p+1. The molecule has 0 saturated heterocycles. The first-order valence-corrected chi connectivity index (χ1v) is 19.5. The molecule has 0 saturated carbocycles. The van der Waals surface area contributed by atoms with Crippen LogP contribution in [0.2, 0.25) is 0 Å². The summed E-state index contributed by atoms with van der Waals surface area (Å²) in [6.45, 7) is 8.19. The zero-order valence-electron chi connectivity index (χ0n) is 32.9. The number of rotatable bonds is 4. The van der Waals surface area contributed by atoms with Crippen molar-refractivity contribution < 1.29 is 4.98 Å². The van der Waals surface area contributed by atoms with Crippen LogP contribution in [0.4, 0.5) is 0 Å². The zero-order chi connectivity index (χ0) is 39.8. The molecule has 0 radical (unpaired) electrons. The van der Waals surface area contributed by atoms with Crippen LogP contribution >= 0.6 is 0 Å². The van der Waals surface area contributed by atoms with Crippen LogP contribution < -0.4 is 4.98 Å². The number of benzene rings is 1. The minimum atomic E-state index is 0.849. The van der Waals surface area contributed by atoms with Gasteiger partial charge in [0, 0.05) is 93.6 Å². The van der Waals surface area contributed by atoms with Gasteiger partial charge in [-0.25, -0.2) is 15.0 Å². The fourth-order valence-corrected chi connectivity index (χ4v) is 7.17. The van der Waals surface area contributed by atoms with Gasteiger partial charge in [0.2, 0.25) is 0 Å². The number of hydrogen-bond acceptors (Lipinski definition) is 5. The van der Waals surface area contributed by atoms with Gasteiger partial charge in [-0.3, -0.25) is 15.0 Å². The van der Waals surface area contributed by atoms with E-state index in [1.807, 2.05) is 99.8 Å². The molecule has 0 aliphatic carbocycles. The van der Waals surface area contributed by atoms with E-state index >= 15 is 0 Å². The molecule has 2 aliphatic rings. The highest BCUT2D eigenvalue weighted by Gasteiger charge is 2.19. The molecular weight excluding hydrogens is 713 g/mol. The van der Waals surface area contributed by atoms with Crippen LogP contribution in [-0.2, 0) is 0 Å². The molecule has 8 aromatic rings. The van der Waals surface area contributed by atoms with Gasteiger partial charge in [0.05, 0.1) is 22.8 Å². The molecule has 0 amide bonds. The van der Waals surface area contributed by atoms with E-state index in [0.717, 1.165) is 89.4 Å². The van der Waals surface area contributed by atoms with Crippen LogP contribution in [0.3, 0.4) is 0 Å². The zero-order valence-corrected chi connectivity index (χ0v) is 32.9. The highest BCUT2D eigenvalue weighted by atomic mass is 14.8. The molecule has 8 nitrogen and oxygen atoms in total. The SMILES string of the molecule is C1=Cc2nc1c(-c1ccncc1)c1ccc([nH]1)c(-c1ccncc1)c1nc(c(-c3cc[nH+]cc3)c3ccc([nH]3)c2-c2ccncc2)C=C1.CC.Cc1ccc(C)cc1. The Morgan fingerprint density at radius 2 is 0.638 bits per heavy atom. The molecule has 8 bridgehead atoms. The topological polar surface area (TPSA) is 110 Å². The van der Waals surface area contributed by atoms with Crippen LogP contribution in [-0.4, -0.2) is 34.9 Å². The second-order valence-corrected chi connectivity index (χ2v) is 13.7. The second kappa shape index (κ2) is 17.1. The van der Waals surface area contributed by atoms with Gasteiger partial charge in [-0.15, -0.1) is 0 Å². The fourth-order valence-electron chi connectivity index (χ4n) is 7.17. The van der Waals surface area contributed by atoms with Crippen molar-refractivity contribution in [2.45, 2.75) is 27.7 Å². The molecule has 0 unspecified atom stereocenters.